The first-order valence-electron chi connectivity index (χ1n) is 12.2. The number of hydrogen-bond donors (Lipinski definition) is 1. The van der Waals surface area contributed by atoms with Gasteiger partial charge in [-0.3, -0.25) is 9.36 Å². The van der Waals surface area contributed by atoms with Crippen LogP contribution in [0.2, 0.25) is 0 Å². The minimum absolute atomic E-state index is 0.0166. The monoisotopic (exact) mass is 498 g/mol. The van der Waals surface area contributed by atoms with Crippen LogP contribution in [0.15, 0.2) is 84.0 Å². The standard InChI is InChI=1S/C28H26N4O3S/c33-26(29-22-14-8-10-19-9-4-5-13-21(19)22)18-36-28-31-30-27(32(28)20-11-2-1-3-12-20)25-17-34-23-15-6-7-16-24(23)35-25/h1-7,9,11-13,15-16,22,25H,8,10,14,17-18H2,(H,29,33)/t22-,25+/m0/s1. The fourth-order valence-electron chi connectivity index (χ4n) is 4.82. The zero-order valence-electron chi connectivity index (χ0n) is 19.7. The Bertz CT molecular complexity index is 1370. The van der Waals surface area contributed by atoms with Crippen molar-refractivity contribution in [1.29, 1.82) is 0 Å². The fraction of sp³-hybridized carbons (Fsp3) is 0.250. The highest BCUT2D eigenvalue weighted by Crippen LogP contribution is 2.37. The Hall–Kier alpha value is -3.78. The summed E-state index contributed by atoms with van der Waals surface area (Å²) in [5.74, 6) is 2.26. The summed E-state index contributed by atoms with van der Waals surface area (Å²) in [4.78, 5) is 13.0. The van der Waals surface area contributed by atoms with E-state index in [4.69, 9.17) is 9.47 Å². The van der Waals surface area contributed by atoms with Crippen molar-refractivity contribution in [1.82, 2.24) is 20.1 Å². The molecule has 1 aliphatic carbocycles. The van der Waals surface area contributed by atoms with Crippen molar-refractivity contribution in [3.63, 3.8) is 0 Å². The van der Waals surface area contributed by atoms with Gasteiger partial charge in [0.2, 0.25) is 5.91 Å². The minimum Gasteiger partial charge on any atom is -0.485 e. The number of fused-ring (bicyclic) bond motifs is 2. The van der Waals surface area contributed by atoms with Gasteiger partial charge in [-0.05, 0) is 54.7 Å². The number of para-hydroxylation sites is 3. The van der Waals surface area contributed by atoms with Crippen LogP contribution in [-0.4, -0.2) is 33.0 Å². The predicted molar refractivity (Wildman–Crippen MR) is 138 cm³/mol. The summed E-state index contributed by atoms with van der Waals surface area (Å²) >= 11 is 1.37. The average Bonchev–Trinajstić information content (AvgIpc) is 3.36. The molecule has 1 amide bonds. The Morgan fingerprint density at radius 1 is 0.972 bits per heavy atom. The molecule has 1 N–H and O–H groups in total. The number of aryl methyl sites for hydroxylation is 1. The largest absolute Gasteiger partial charge is 0.485 e. The lowest BCUT2D eigenvalue weighted by molar-refractivity contribution is -0.119. The lowest BCUT2D eigenvalue weighted by atomic mass is 9.88. The molecule has 4 aromatic rings. The highest BCUT2D eigenvalue weighted by molar-refractivity contribution is 7.99. The smallest absolute Gasteiger partial charge is 0.230 e. The number of aromatic nitrogens is 3. The van der Waals surface area contributed by atoms with Crippen molar-refractivity contribution in [3.8, 4) is 17.2 Å². The average molecular weight is 499 g/mol. The Kier molecular flexibility index (Phi) is 6.34. The fourth-order valence-corrected chi connectivity index (χ4v) is 5.59. The van der Waals surface area contributed by atoms with Gasteiger partial charge in [-0.1, -0.05) is 66.4 Å². The maximum Gasteiger partial charge on any atom is 0.230 e. The number of nitrogens with one attached hydrogen (secondary N) is 1. The van der Waals surface area contributed by atoms with Crippen molar-refractivity contribution in [2.45, 2.75) is 36.6 Å². The first-order chi connectivity index (χ1) is 17.8. The number of thioether (sulfide) groups is 1. The number of nitrogens with zero attached hydrogens (tertiary/aromatic N) is 3. The van der Waals surface area contributed by atoms with Crippen LogP contribution in [-0.2, 0) is 11.2 Å². The van der Waals surface area contributed by atoms with E-state index in [0.29, 0.717) is 23.3 Å². The van der Waals surface area contributed by atoms with Gasteiger partial charge in [-0.2, -0.15) is 0 Å². The van der Waals surface area contributed by atoms with E-state index in [1.807, 2.05) is 65.2 Å². The van der Waals surface area contributed by atoms with Gasteiger partial charge in [0.15, 0.2) is 28.6 Å². The van der Waals surface area contributed by atoms with Crippen LogP contribution in [0.25, 0.3) is 5.69 Å². The van der Waals surface area contributed by atoms with E-state index in [0.717, 1.165) is 30.7 Å². The molecule has 2 heterocycles. The van der Waals surface area contributed by atoms with Crippen molar-refractivity contribution in [2.75, 3.05) is 12.4 Å². The van der Waals surface area contributed by atoms with E-state index in [-0.39, 0.29) is 17.7 Å². The van der Waals surface area contributed by atoms with Crippen molar-refractivity contribution in [3.05, 3.63) is 95.8 Å². The molecule has 2 atom stereocenters. The topological polar surface area (TPSA) is 78.3 Å². The first kappa shape index (κ1) is 22.7. The third-order valence-electron chi connectivity index (χ3n) is 6.51. The van der Waals surface area contributed by atoms with E-state index in [1.54, 1.807) is 0 Å². The lowest BCUT2D eigenvalue weighted by Crippen LogP contribution is -2.32. The molecule has 8 heteroatoms. The van der Waals surface area contributed by atoms with E-state index >= 15 is 0 Å². The Labute approximate surface area is 213 Å². The molecule has 0 saturated heterocycles. The van der Waals surface area contributed by atoms with Crippen molar-refractivity contribution < 1.29 is 14.3 Å². The van der Waals surface area contributed by atoms with Crippen molar-refractivity contribution in [2.24, 2.45) is 0 Å². The Morgan fingerprint density at radius 3 is 2.64 bits per heavy atom. The molecular formula is C28H26N4O3S. The second-order valence-corrected chi connectivity index (χ2v) is 9.82. The number of hydrogen-bond acceptors (Lipinski definition) is 6. The first-order valence-corrected chi connectivity index (χ1v) is 13.1. The molecule has 0 spiro atoms. The molecule has 182 valence electrons. The zero-order chi connectivity index (χ0) is 24.3. The van der Waals surface area contributed by atoms with Gasteiger partial charge in [0.05, 0.1) is 11.8 Å². The maximum atomic E-state index is 13.0. The van der Waals surface area contributed by atoms with Crippen LogP contribution in [0, 0.1) is 0 Å². The van der Waals surface area contributed by atoms with Gasteiger partial charge in [0.1, 0.15) is 6.61 Å². The summed E-state index contributed by atoms with van der Waals surface area (Å²) in [7, 11) is 0. The summed E-state index contributed by atoms with van der Waals surface area (Å²) < 4.78 is 14.1. The third-order valence-corrected chi connectivity index (χ3v) is 7.44. The van der Waals surface area contributed by atoms with Crippen LogP contribution in [0.1, 0.15) is 41.9 Å². The molecule has 36 heavy (non-hydrogen) atoms. The Balaban J connectivity index is 1.21. The molecule has 0 saturated carbocycles. The van der Waals surface area contributed by atoms with Crippen LogP contribution < -0.4 is 14.8 Å². The van der Waals surface area contributed by atoms with Crippen molar-refractivity contribution >= 4 is 17.7 Å². The molecular weight excluding hydrogens is 472 g/mol. The zero-order valence-corrected chi connectivity index (χ0v) is 20.5. The van der Waals surface area contributed by atoms with E-state index in [9.17, 15) is 4.79 Å². The molecule has 0 radical (unpaired) electrons. The van der Waals surface area contributed by atoms with Crippen LogP contribution in [0.3, 0.4) is 0 Å². The highest BCUT2D eigenvalue weighted by Gasteiger charge is 2.29. The van der Waals surface area contributed by atoms with Gasteiger partial charge in [-0.15, -0.1) is 10.2 Å². The van der Waals surface area contributed by atoms with Crippen LogP contribution >= 0.6 is 11.8 Å². The molecule has 0 fully saturated rings. The van der Waals surface area contributed by atoms with Crippen LogP contribution in [0.5, 0.6) is 11.5 Å². The number of ether oxygens (including phenoxy) is 2. The third kappa shape index (κ3) is 4.56. The number of carbonyl (C=O) groups is 1. The van der Waals surface area contributed by atoms with E-state index < -0.39 is 6.10 Å². The molecule has 0 unspecified atom stereocenters. The minimum atomic E-state index is -0.422. The number of carbonyl (C=O) groups excluding carboxylic acids is 1. The second-order valence-electron chi connectivity index (χ2n) is 8.88. The molecule has 1 aliphatic heterocycles. The summed E-state index contributed by atoms with van der Waals surface area (Å²) in [5, 5.41) is 12.8. The van der Waals surface area contributed by atoms with Crippen LogP contribution in [0.4, 0.5) is 0 Å². The molecule has 0 bridgehead atoms. The van der Waals surface area contributed by atoms with E-state index in [1.165, 1.54) is 22.9 Å². The maximum absolute atomic E-state index is 13.0. The highest BCUT2D eigenvalue weighted by atomic mass is 32.2. The molecule has 3 aromatic carbocycles. The number of amides is 1. The SMILES string of the molecule is O=C(CSc1nnc([C@H]2COc3ccccc3O2)n1-c1ccccc1)N[C@H]1CCCc2ccccc21. The van der Waals surface area contributed by atoms with E-state index in [2.05, 4.69) is 33.7 Å². The molecule has 2 aliphatic rings. The molecule has 6 rings (SSSR count). The van der Waals surface area contributed by atoms with Gasteiger partial charge in [0, 0.05) is 5.69 Å². The van der Waals surface area contributed by atoms with Gasteiger partial charge in [-0.25, -0.2) is 0 Å². The quantitative estimate of drug-likeness (QED) is 0.374. The van der Waals surface area contributed by atoms with Gasteiger partial charge >= 0.3 is 0 Å². The summed E-state index contributed by atoms with van der Waals surface area (Å²) in [6.07, 6.45) is 2.68. The number of rotatable bonds is 6. The lowest BCUT2D eigenvalue weighted by Gasteiger charge is -2.26. The van der Waals surface area contributed by atoms with Gasteiger partial charge < -0.3 is 14.8 Å². The number of benzene rings is 3. The predicted octanol–water partition coefficient (Wildman–Crippen LogP) is 5.07. The van der Waals surface area contributed by atoms with Gasteiger partial charge in [0.25, 0.3) is 0 Å². The summed E-state index contributed by atoms with van der Waals surface area (Å²) in [5.41, 5.74) is 3.46. The second kappa shape index (κ2) is 10.1. The summed E-state index contributed by atoms with van der Waals surface area (Å²) in [6, 6.07) is 25.9. The normalized spacial score (nSPS) is 18.3. The molecule has 7 nitrogen and oxygen atoms in total. The Morgan fingerprint density at radius 2 is 1.75 bits per heavy atom. The summed E-state index contributed by atoms with van der Waals surface area (Å²) in [6.45, 7) is 0.328. The molecule has 1 aromatic heterocycles.